The Kier molecular flexibility index (Phi) is 5.86. The molecule has 1 rings (SSSR count). The molecule has 0 spiro atoms. The predicted octanol–water partition coefficient (Wildman–Crippen LogP) is 2.34. The van der Waals surface area contributed by atoms with Gasteiger partial charge in [0.15, 0.2) is 0 Å². The highest BCUT2D eigenvalue weighted by atomic mass is 16.2. The molecule has 0 bridgehead atoms. The van der Waals surface area contributed by atoms with Crippen LogP contribution in [-0.2, 0) is 11.3 Å². The molecular formula is C15H24N2O. The number of hydrogen-bond donors (Lipinski definition) is 1. The first-order valence-electron chi connectivity index (χ1n) is 6.55. The van der Waals surface area contributed by atoms with E-state index >= 15 is 0 Å². The van der Waals surface area contributed by atoms with Crippen LogP contribution in [0.25, 0.3) is 0 Å². The van der Waals surface area contributed by atoms with Crippen molar-refractivity contribution in [2.75, 3.05) is 13.6 Å². The zero-order valence-electron chi connectivity index (χ0n) is 11.9. The maximum atomic E-state index is 12.0. The predicted molar refractivity (Wildman–Crippen MR) is 75.4 cm³/mol. The summed E-state index contributed by atoms with van der Waals surface area (Å²) in [6, 6.07) is 8.55. The molecule has 1 atom stereocenters. The van der Waals surface area contributed by atoms with Gasteiger partial charge in [0.05, 0.1) is 0 Å². The second-order valence-corrected chi connectivity index (χ2v) is 4.90. The summed E-state index contributed by atoms with van der Waals surface area (Å²) in [5, 5.41) is 3.26. The van der Waals surface area contributed by atoms with Crippen LogP contribution in [0.1, 0.15) is 31.4 Å². The number of aryl methyl sites for hydroxylation is 1. The third-order valence-corrected chi connectivity index (χ3v) is 3.00. The van der Waals surface area contributed by atoms with E-state index < -0.39 is 0 Å². The van der Waals surface area contributed by atoms with Crippen molar-refractivity contribution in [2.45, 2.75) is 39.8 Å². The van der Waals surface area contributed by atoms with E-state index in [4.69, 9.17) is 0 Å². The van der Waals surface area contributed by atoms with Gasteiger partial charge in [-0.3, -0.25) is 4.79 Å². The van der Waals surface area contributed by atoms with Crippen LogP contribution >= 0.6 is 0 Å². The summed E-state index contributed by atoms with van der Waals surface area (Å²) in [5.74, 6) is 0.184. The maximum Gasteiger partial charge on any atom is 0.224 e. The number of rotatable bonds is 6. The van der Waals surface area contributed by atoms with Gasteiger partial charge in [-0.05, 0) is 26.0 Å². The molecule has 0 aromatic heterocycles. The molecule has 0 fully saturated rings. The molecule has 1 amide bonds. The molecule has 0 heterocycles. The highest BCUT2D eigenvalue weighted by Crippen LogP contribution is 2.07. The van der Waals surface area contributed by atoms with Gasteiger partial charge in [0.25, 0.3) is 0 Å². The molecule has 0 saturated heterocycles. The normalized spacial score (nSPS) is 12.2. The molecule has 1 unspecified atom stereocenters. The monoisotopic (exact) mass is 248 g/mol. The molecule has 0 aliphatic rings. The summed E-state index contributed by atoms with van der Waals surface area (Å²) < 4.78 is 0. The molecule has 0 saturated carbocycles. The van der Waals surface area contributed by atoms with E-state index in [9.17, 15) is 4.79 Å². The summed E-state index contributed by atoms with van der Waals surface area (Å²) >= 11 is 0. The minimum absolute atomic E-state index is 0.184. The minimum atomic E-state index is 0.184. The number of hydrogen-bond acceptors (Lipinski definition) is 2. The number of benzene rings is 1. The lowest BCUT2D eigenvalue weighted by molar-refractivity contribution is -0.130. The number of nitrogens with zero attached hydrogens (tertiary/aromatic N) is 1. The minimum Gasteiger partial charge on any atom is -0.341 e. The van der Waals surface area contributed by atoms with Crippen LogP contribution in [0, 0.1) is 6.92 Å². The molecule has 0 aliphatic heterocycles. The Morgan fingerprint density at radius 1 is 1.33 bits per heavy atom. The molecule has 1 N–H and O–H groups in total. The standard InChI is InChI=1S/C15H24N2O/c1-5-16-13(3)10-15(18)17(4)11-14-8-6-12(2)7-9-14/h6-9,13,16H,5,10-11H2,1-4H3. The van der Waals surface area contributed by atoms with Gasteiger partial charge >= 0.3 is 0 Å². The van der Waals surface area contributed by atoms with E-state index in [1.54, 1.807) is 4.90 Å². The van der Waals surface area contributed by atoms with Crippen LogP contribution in [0.5, 0.6) is 0 Å². The number of carbonyl (C=O) groups is 1. The SMILES string of the molecule is CCNC(C)CC(=O)N(C)Cc1ccc(C)cc1. The van der Waals surface area contributed by atoms with Gasteiger partial charge < -0.3 is 10.2 Å². The van der Waals surface area contributed by atoms with Crippen molar-refractivity contribution >= 4 is 5.91 Å². The molecule has 18 heavy (non-hydrogen) atoms. The lowest BCUT2D eigenvalue weighted by Gasteiger charge is -2.20. The average molecular weight is 248 g/mol. The van der Waals surface area contributed by atoms with Gasteiger partial charge in [0.2, 0.25) is 5.91 Å². The van der Waals surface area contributed by atoms with E-state index in [1.807, 2.05) is 14.0 Å². The van der Waals surface area contributed by atoms with Gasteiger partial charge in [-0.1, -0.05) is 36.8 Å². The average Bonchev–Trinajstić information content (AvgIpc) is 2.32. The molecule has 1 aromatic carbocycles. The highest BCUT2D eigenvalue weighted by molar-refractivity contribution is 5.76. The zero-order valence-corrected chi connectivity index (χ0v) is 11.9. The summed E-state index contributed by atoms with van der Waals surface area (Å²) in [5.41, 5.74) is 2.42. The Bertz CT molecular complexity index is 373. The fourth-order valence-electron chi connectivity index (χ4n) is 1.89. The van der Waals surface area contributed by atoms with Crippen LogP contribution in [-0.4, -0.2) is 30.4 Å². The summed E-state index contributed by atoms with van der Waals surface area (Å²) in [4.78, 5) is 13.8. The van der Waals surface area contributed by atoms with E-state index in [-0.39, 0.29) is 11.9 Å². The zero-order chi connectivity index (χ0) is 13.5. The fraction of sp³-hybridized carbons (Fsp3) is 0.533. The van der Waals surface area contributed by atoms with Crippen molar-refractivity contribution in [3.05, 3.63) is 35.4 Å². The molecule has 1 aromatic rings. The Morgan fingerprint density at radius 2 is 1.94 bits per heavy atom. The largest absolute Gasteiger partial charge is 0.341 e. The van der Waals surface area contributed by atoms with Crippen LogP contribution < -0.4 is 5.32 Å². The summed E-state index contributed by atoms with van der Waals surface area (Å²) in [7, 11) is 1.86. The van der Waals surface area contributed by atoms with Crippen molar-refractivity contribution in [1.29, 1.82) is 0 Å². The summed E-state index contributed by atoms with van der Waals surface area (Å²) in [6.45, 7) is 7.74. The van der Waals surface area contributed by atoms with Gasteiger partial charge in [-0.15, -0.1) is 0 Å². The van der Waals surface area contributed by atoms with E-state index in [0.717, 1.165) is 6.54 Å². The quantitative estimate of drug-likeness (QED) is 0.838. The Morgan fingerprint density at radius 3 is 2.50 bits per heavy atom. The Balaban J connectivity index is 2.46. The van der Waals surface area contributed by atoms with Crippen molar-refractivity contribution in [3.63, 3.8) is 0 Å². The smallest absolute Gasteiger partial charge is 0.224 e. The number of nitrogens with one attached hydrogen (secondary N) is 1. The van der Waals surface area contributed by atoms with Crippen LogP contribution in [0.2, 0.25) is 0 Å². The first-order chi connectivity index (χ1) is 8.52. The van der Waals surface area contributed by atoms with Crippen LogP contribution in [0.15, 0.2) is 24.3 Å². The molecule has 100 valence electrons. The van der Waals surface area contributed by atoms with Crippen molar-refractivity contribution < 1.29 is 4.79 Å². The molecule has 0 aliphatic carbocycles. The first-order valence-corrected chi connectivity index (χ1v) is 6.55. The van der Waals surface area contributed by atoms with Crippen molar-refractivity contribution in [2.24, 2.45) is 0 Å². The second-order valence-electron chi connectivity index (χ2n) is 4.90. The lowest BCUT2D eigenvalue weighted by Crippen LogP contribution is -2.34. The fourth-order valence-corrected chi connectivity index (χ4v) is 1.89. The maximum absolute atomic E-state index is 12.0. The Labute approximate surface area is 110 Å². The molecule has 3 heteroatoms. The number of amides is 1. The van der Waals surface area contributed by atoms with Crippen molar-refractivity contribution in [3.8, 4) is 0 Å². The third-order valence-electron chi connectivity index (χ3n) is 3.00. The summed E-state index contributed by atoms with van der Waals surface area (Å²) in [6.07, 6.45) is 0.552. The number of carbonyl (C=O) groups excluding carboxylic acids is 1. The molecule has 3 nitrogen and oxygen atoms in total. The van der Waals surface area contributed by atoms with E-state index in [2.05, 4.69) is 43.4 Å². The van der Waals surface area contributed by atoms with Gasteiger partial charge in [0, 0.05) is 26.1 Å². The van der Waals surface area contributed by atoms with Crippen molar-refractivity contribution in [1.82, 2.24) is 10.2 Å². The van der Waals surface area contributed by atoms with E-state index in [1.165, 1.54) is 11.1 Å². The van der Waals surface area contributed by atoms with Crippen LogP contribution in [0.3, 0.4) is 0 Å². The Hall–Kier alpha value is -1.35. The lowest BCUT2D eigenvalue weighted by atomic mass is 10.1. The topological polar surface area (TPSA) is 32.3 Å². The third kappa shape index (κ3) is 4.88. The van der Waals surface area contributed by atoms with Gasteiger partial charge in [0.1, 0.15) is 0 Å². The second kappa shape index (κ2) is 7.17. The van der Waals surface area contributed by atoms with Gasteiger partial charge in [-0.25, -0.2) is 0 Å². The first kappa shape index (κ1) is 14.7. The van der Waals surface area contributed by atoms with Crippen LogP contribution in [0.4, 0.5) is 0 Å². The highest BCUT2D eigenvalue weighted by Gasteiger charge is 2.12. The van der Waals surface area contributed by atoms with Gasteiger partial charge in [-0.2, -0.15) is 0 Å². The molecular weight excluding hydrogens is 224 g/mol. The van der Waals surface area contributed by atoms with E-state index in [0.29, 0.717) is 13.0 Å². The molecule has 0 radical (unpaired) electrons.